The Labute approximate surface area is 113 Å². The topological polar surface area (TPSA) is 54.6 Å². The monoisotopic (exact) mass is 260 g/mol. The summed E-state index contributed by atoms with van der Waals surface area (Å²) in [7, 11) is 0. The van der Waals surface area contributed by atoms with Gasteiger partial charge in [0.05, 0.1) is 6.21 Å². The average molecular weight is 260 g/mol. The molecule has 0 aromatic carbocycles. The second kappa shape index (κ2) is 4.51. The lowest BCUT2D eigenvalue weighted by atomic mass is 9.90. The van der Waals surface area contributed by atoms with Crippen molar-refractivity contribution in [2.45, 2.75) is 39.5 Å². The molecule has 0 unspecified atom stereocenters. The molecule has 2 saturated carbocycles. The van der Waals surface area contributed by atoms with Crippen molar-refractivity contribution in [3.63, 3.8) is 0 Å². The summed E-state index contributed by atoms with van der Waals surface area (Å²) in [4.78, 5) is 12.1. The van der Waals surface area contributed by atoms with E-state index in [4.69, 9.17) is 4.42 Å². The highest BCUT2D eigenvalue weighted by atomic mass is 16.3. The molecule has 3 atom stereocenters. The van der Waals surface area contributed by atoms with Crippen molar-refractivity contribution in [3.8, 4) is 0 Å². The largest absolute Gasteiger partial charge is 0.460 e. The van der Waals surface area contributed by atoms with Crippen LogP contribution in [0.15, 0.2) is 21.7 Å². The standard InChI is InChI=1S/C15H20N2O2/c1-10-6-7-11(19-10)9-16-17-14(18)13-12-5-3-4-8-15(12,13)2/h6-7,9,12-13H,3-5,8H2,1-2H3,(H,17,18)/b16-9-/t12-,13-,15+/m1/s1. The van der Waals surface area contributed by atoms with Gasteiger partial charge in [-0.3, -0.25) is 4.79 Å². The van der Waals surface area contributed by atoms with Crippen molar-refractivity contribution >= 4 is 12.1 Å². The third-order valence-electron chi connectivity index (χ3n) is 4.74. The summed E-state index contributed by atoms with van der Waals surface area (Å²) in [5.74, 6) is 2.30. The van der Waals surface area contributed by atoms with Crippen molar-refractivity contribution in [2.75, 3.05) is 0 Å². The Morgan fingerprint density at radius 2 is 2.37 bits per heavy atom. The van der Waals surface area contributed by atoms with Gasteiger partial charge in [-0.2, -0.15) is 5.10 Å². The number of carbonyl (C=O) groups excluding carboxylic acids is 1. The first-order chi connectivity index (χ1) is 9.11. The highest BCUT2D eigenvalue weighted by Crippen LogP contribution is 2.66. The smallest absolute Gasteiger partial charge is 0.244 e. The van der Waals surface area contributed by atoms with Crippen LogP contribution in [0.1, 0.15) is 44.1 Å². The molecule has 2 aliphatic carbocycles. The number of hydrogen-bond acceptors (Lipinski definition) is 3. The lowest BCUT2D eigenvalue weighted by molar-refractivity contribution is -0.123. The maximum absolute atomic E-state index is 12.1. The molecule has 3 rings (SSSR count). The van der Waals surface area contributed by atoms with Crippen molar-refractivity contribution in [1.29, 1.82) is 0 Å². The van der Waals surface area contributed by atoms with Crippen LogP contribution < -0.4 is 5.43 Å². The summed E-state index contributed by atoms with van der Waals surface area (Å²) in [5, 5.41) is 3.99. The summed E-state index contributed by atoms with van der Waals surface area (Å²) in [6.07, 6.45) is 6.44. The number of carbonyl (C=O) groups is 1. The van der Waals surface area contributed by atoms with Crippen LogP contribution in [-0.4, -0.2) is 12.1 Å². The summed E-state index contributed by atoms with van der Waals surface area (Å²) < 4.78 is 5.36. The molecule has 0 aliphatic heterocycles. The molecule has 2 aliphatic rings. The number of hydrazone groups is 1. The fourth-order valence-corrected chi connectivity index (χ4v) is 3.60. The average Bonchev–Trinajstić information content (AvgIpc) is 2.81. The second-order valence-corrected chi connectivity index (χ2v) is 6.02. The number of hydrogen-bond donors (Lipinski definition) is 1. The zero-order chi connectivity index (χ0) is 13.5. The van der Waals surface area contributed by atoms with Gasteiger partial charge in [-0.25, -0.2) is 5.43 Å². The minimum absolute atomic E-state index is 0.0638. The molecule has 102 valence electrons. The Morgan fingerprint density at radius 1 is 1.53 bits per heavy atom. The summed E-state index contributed by atoms with van der Waals surface area (Å²) in [5.41, 5.74) is 2.89. The predicted octanol–water partition coefficient (Wildman–Crippen LogP) is 2.86. The molecular weight excluding hydrogens is 240 g/mol. The van der Waals surface area contributed by atoms with Gasteiger partial charge in [0.25, 0.3) is 0 Å². The maximum Gasteiger partial charge on any atom is 0.244 e. The van der Waals surface area contributed by atoms with E-state index in [2.05, 4.69) is 17.5 Å². The molecule has 4 heteroatoms. The van der Waals surface area contributed by atoms with Crippen LogP contribution in [0.2, 0.25) is 0 Å². The fraction of sp³-hybridized carbons (Fsp3) is 0.600. The highest BCUT2D eigenvalue weighted by Gasteiger charge is 2.64. The molecule has 2 fully saturated rings. The number of nitrogens with one attached hydrogen (secondary N) is 1. The minimum atomic E-state index is 0.0638. The Bertz CT molecular complexity index is 520. The normalized spacial score (nSPS) is 33.2. The number of nitrogens with zero attached hydrogens (tertiary/aromatic N) is 1. The summed E-state index contributed by atoms with van der Waals surface area (Å²) >= 11 is 0. The van der Waals surface area contributed by atoms with Crippen molar-refractivity contribution < 1.29 is 9.21 Å². The Hall–Kier alpha value is -1.58. The summed E-state index contributed by atoms with van der Waals surface area (Å²) in [6.45, 7) is 4.12. The molecule has 0 bridgehead atoms. The zero-order valence-corrected chi connectivity index (χ0v) is 11.5. The molecule has 1 aromatic heterocycles. The molecule has 1 amide bonds. The van der Waals surface area contributed by atoms with Crippen LogP contribution in [0.25, 0.3) is 0 Å². The number of amides is 1. The highest BCUT2D eigenvalue weighted by molar-refractivity contribution is 5.85. The SMILES string of the molecule is Cc1ccc(/C=N\NC(=O)[C@H]2[C@H]3CCCC[C@@]32C)o1. The van der Waals surface area contributed by atoms with Gasteiger partial charge in [0, 0.05) is 5.92 Å². The van der Waals surface area contributed by atoms with Crippen molar-refractivity contribution in [3.05, 3.63) is 23.7 Å². The van der Waals surface area contributed by atoms with E-state index in [9.17, 15) is 4.79 Å². The molecular formula is C15H20N2O2. The van der Waals surface area contributed by atoms with Gasteiger partial charge in [-0.05, 0) is 43.2 Å². The maximum atomic E-state index is 12.1. The van der Waals surface area contributed by atoms with Crippen LogP contribution in [0.4, 0.5) is 0 Å². The molecule has 0 radical (unpaired) electrons. The molecule has 0 spiro atoms. The van der Waals surface area contributed by atoms with E-state index < -0.39 is 0 Å². The van der Waals surface area contributed by atoms with Gasteiger partial charge in [0.1, 0.15) is 11.5 Å². The number of furan rings is 1. The molecule has 4 nitrogen and oxygen atoms in total. The van der Waals surface area contributed by atoms with Gasteiger partial charge in [-0.1, -0.05) is 19.8 Å². The van der Waals surface area contributed by atoms with Crippen LogP contribution >= 0.6 is 0 Å². The van der Waals surface area contributed by atoms with E-state index in [0.29, 0.717) is 11.7 Å². The van der Waals surface area contributed by atoms with Crippen molar-refractivity contribution in [2.24, 2.45) is 22.4 Å². The molecule has 0 saturated heterocycles. The Morgan fingerprint density at radius 3 is 3.00 bits per heavy atom. The number of rotatable bonds is 3. The van der Waals surface area contributed by atoms with Crippen LogP contribution in [0, 0.1) is 24.2 Å². The number of aryl methyl sites for hydroxylation is 1. The van der Waals surface area contributed by atoms with Crippen molar-refractivity contribution in [1.82, 2.24) is 5.43 Å². The van der Waals surface area contributed by atoms with Gasteiger partial charge in [0.2, 0.25) is 5.91 Å². The third-order valence-corrected chi connectivity index (χ3v) is 4.74. The van der Waals surface area contributed by atoms with E-state index in [1.807, 2.05) is 19.1 Å². The first kappa shape index (κ1) is 12.5. The molecule has 1 heterocycles. The second-order valence-electron chi connectivity index (χ2n) is 6.02. The van der Waals surface area contributed by atoms with E-state index in [0.717, 1.165) is 5.76 Å². The molecule has 1 aromatic rings. The van der Waals surface area contributed by atoms with E-state index in [-0.39, 0.29) is 17.2 Å². The Balaban J connectivity index is 1.56. The van der Waals surface area contributed by atoms with Gasteiger partial charge >= 0.3 is 0 Å². The first-order valence-electron chi connectivity index (χ1n) is 7.00. The zero-order valence-electron chi connectivity index (χ0n) is 11.5. The summed E-state index contributed by atoms with van der Waals surface area (Å²) in [6, 6.07) is 3.71. The Kier molecular flexibility index (Phi) is 2.96. The quantitative estimate of drug-likeness (QED) is 0.671. The lowest BCUT2D eigenvalue weighted by Crippen LogP contribution is -2.22. The van der Waals surface area contributed by atoms with E-state index in [1.54, 1.807) is 6.21 Å². The van der Waals surface area contributed by atoms with E-state index >= 15 is 0 Å². The first-order valence-corrected chi connectivity index (χ1v) is 7.00. The molecule has 1 N–H and O–H groups in total. The van der Waals surface area contributed by atoms with Gasteiger partial charge in [0.15, 0.2) is 0 Å². The van der Waals surface area contributed by atoms with Gasteiger partial charge < -0.3 is 4.42 Å². The minimum Gasteiger partial charge on any atom is -0.460 e. The van der Waals surface area contributed by atoms with Gasteiger partial charge in [-0.15, -0.1) is 0 Å². The van der Waals surface area contributed by atoms with E-state index in [1.165, 1.54) is 25.7 Å². The molecule has 19 heavy (non-hydrogen) atoms. The van der Waals surface area contributed by atoms with Crippen LogP contribution in [0.3, 0.4) is 0 Å². The lowest BCUT2D eigenvalue weighted by Gasteiger charge is -2.15. The third kappa shape index (κ3) is 2.20. The van der Waals surface area contributed by atoms with Crippen LogP contribution in [0.5, 0.6) is 0 Å². The van der Waals surface area contributed by atoms with Crippen LogP contribution in [-0.2, 0) is 4.79 Å². The fourth-order valence-electron chi connectivity index (χ4n) is 3.60. The number of fused-ring (bicyclic) bond motifs is 1. The predicted molar refractivity (Wildman–Crippen MR) is 72.7 cm³/mol.